The summed E-state index contributed by atoms with van der Waals surface area (Å²) in [4.78, 5) is 18.4. The Labute approximate surface area is 158 Å². The van der Waals surface area contributed by atoms with Crippen molar-refractivity contribution in [3.63, 3.8) is 0 Å². The number of aromatic amines is 1. The van der Waals surface area contributed by atoms with Crippen LogP contribution in [0.15, 0.2) is 54.7 Å². The van der Waals surface area contributed by atoms with Crippen LogP contribution < -0.4 is 0 Å². The van der Waals surface area contributed by atoms with Gasteiger partial charge in [-0.1, -0.05) is 44.2 Å². The second kappa shape index (κ2) is 6.33. The first-order valence-electron chi connectivity index (χ1n) is 8.75. The maximum Gasteiger partial charge on any atom is 0.257 e. The monoisotopic (exact) mass is 364 g/mol. The van der Waals surface area contributed by atoms with Gasteiger partial charge in [0.2, 0.25) is 0 Å². The largest absolute Gasteiger partial charge is 0.355 e. The molecule has 0 atom stereocenters. The van der Waals surface area contributed by atoms with Crippen LogP contribution in [0.5, 0.6) is 0 Å². The molecule has 1 amide bonds. The SMILES string of the molecule is CC1(C)CN(C(=O)c2cccc(CCl)c2)C=Cc2[nH]c3ccccc3c21. The Kier molecular flexibility index (Phi) is 4.12. The topological polar surface area (TPSA) is 36.1 Å². The standard InChI is InChI=1S/C22H21ClN2O/c1-22(2)14-25(21(26)16-7-5-6-15(12-16)13-23)11-10-19-20(22)17-8-3-4-9-18(17)24-19/h3-12,24H,13-14H2,1-2H3. The second-order valence-electron chi connectivity index (χ2n) is 7.43. The molecule has 1 aliphatic rings. The van der Waals surface area contributed by atoms with E-state index in [1.165, 1.54) is 10.9 Å². The first kappa shape index (κ1) is 16.9. The summed E-state index contributed by atoms with van der Waals surface area (Å²) in [6.45, 7) is 4.99. The molecule has 1 aliphatic heterocycles. The van der Waals surface area contributed by atoms with Crippen molar-refractivity contribution in [3.8, 4) is 0 Å². The van der Waals surface area contributed by atoms with Crippen molar-refractivity contribution in [2.45, 2.75) is 25.1 Å². The number of carbonyl (C=O) groups is 1. The van der Waals surface area contributed by atoms with Crippen LogP contribution in [-0.4, -0.2) is 22.3 Å². The molecule has 0 saturated heterocycles. The van der Waals surface area contributed by atoms with Crippen molar-refractivity contribution in [1.29, 1.82) is 0 Å². The number of para-hydroxylation sites is 1. The highest BCUT2D eigenvalue weighted by Gasteiger charge is 2.32. The molecule has 3 aromatic rings. The van der Waals surface area contributed by atoms with Gasteiger partial charge in [-0.05, 0) is 35.4 Å². The minimum absolute atomic E-state index is 0.00393. The summed E-state index contributed by atoms with van der Waals surface area (Å²) < 4.78 is 0. The molecular formula is C22H21ClN2O. The smallest absolute Gasteiger partial charge is 0.257 e. The number of H-pyrrole nitrogens is 1. The molecule has 3 nitrogen and oxygen atoms in total. The normalized spacial score (nSPS) is 15.7. The third-order valence-electron chi connectivity index (χ3n) is 4.99. The van der Waals surface area contributed by atoms with E-state index in [9.17, 15) is 4.79 Å². The van der Waals surface area contributed by atoms with Gasteiger partial charge in [0.25, 0.3) is 5.91 Å². The van der Waals surface area contributed by atoms with Gasteiger partial charge in [0.1, 0.15) is 0 Å². The third kappa shape index (κ3) is 2.82. The van der Waals surface area contributed by atoms with Crippen molar-refractivity contribution in [2.75, 3.05) is 6.54 Å². The van der Waals surface area contributed by atoms with E-state index < -0.39 is 0 Å². The maximum atomic E-state index is 13.1. The van der Waals surface area contributed by atoms with Crippen LogP contribution in [0.1, 0.15) is 41.0 Å². The summed E-state index contributed by atoms with van der Waals surface area (Å²) in [5, 5.41) is 1.22. The average Bonchev–Trinajstić information content (AvgIpc) is 2.97. The van der Waals surface area contributed by atoms with Gasteiger partial charge in [-0.15, -0.1) is 11.6 Å². The molecule has 4 heteroatoms. The Bertz CT molecular complexity index is 1020. The van der Waals surface area contributed by atoms with Gasteiger partial charge in [0.15, 0.2) is 0 Å². The van der Waals surface area contributed by atoms with Crippen LogP contribution in [0.25, 0.3) is 17.0 Å². The molecule has 0 saturated carbocycles. The van der Waals surface area contributed by atoms with Gasteiger partial charge in [0, 0.05) is 46.2 Å². The first-order valence-corrected chi connectivity index (χ1v) is 9.28. The van der Waals surface area contributed by atoms with Gasteiger partial charge in [-0.3, -0.25) is 4.79 Å². The number of nitrogens with zero attached hydrogens (tertiary/aromatic N) is 1. The number of carbonyl (C=O) groups excluding carboxylic acids is 1. The van der Waals surface area contributed by atoms with Crippen molar-refractivity contribution in [2.24, 2.45) is 0 Å². The molecule has 0 bridgehead atoms. The predicted octanol–water partition coefficient (Wildman–Crippen LogP) is 5.31. The van der Waals surface area contributed by atoms with Crippen LogP contribution in [-0.2, 0) is 11.3 Å². The quantitative estimate of drug-likeness (QED) is 0.614. The van der Waals surface area contributed by atoms with Crippen LogP contribution in [0.2, 0.25) is 0 Å². The maximum absolute atomic E-state index is 13.1. The minimum atomic E-state index is -0.182. The number of benzene rings is 2. The lowest BCUT2D eigenvalue weighted by Crippen LogP contribution is -2.36. The summed E-state index contributed by atoms with van der Waals surface area (Å²) >= 11 is 5.92. The summed E-state index contributed by atoms with van der Waals surface area (Å²) in [6, 6.07) is 15.9. The summed E-state index contributed by atoms with van der Waals surface area (Å²) in [7, 11) is 0. The van der Waals surface area contributed by atoms with E-state index in [0.29, 0.717) is 18.0 Å². The van der Waals surface area contributed by atoms with Crippen molar-refractivity contribution >= 4 is 34.5 Å². The van der Waals surface area contributed by atoms with E-state index in [1.807, 2.05) is 42.6 Å². The molecule has 1 aromatic heterocycles. The molecule has 132 valence electrons. The molecule has 0 aliphatic carbocycles. The molecule has 0 unspecified atom stereocenters. The zero-order valence-corrected chi connectivity index (χ0v) is 15.7. The van der Waals surface area contributed by atoms with Crippen LogP contribution in [0.4, 0.5) is 0 Å². The number of halogens is 1. The highest BCUT2D eigenvalue weighted by molar-refractivity contribution is 6.17. The fourth-order valence-corrected chi connectivity index (χ4v) is 4.00. The van der Waals surface area contributed by atoms with E-state index in [4.69, 9.17) is 11.6 Å². The predicted molar refractivity (Wildman–Crippen MR) is 107 cm³/mol. The molecule has 0 fully saturated rings. The molecule has 2 heterocycles. The minimum Gasteiger partial charge on any atom is -0.355 e. The van der Waals surface area contributed by atoms with Crippen molar-refractivity contribution < 1.29 is 4.79 Å². The van der Waals surface area contributed by atoms with E-state index in [-0.39, 0.29) is 11.3 Å². The van der Waals surface area contributed by atoms with Gasteiger partial charge in [-0.2, -0.15) is 0 Å². The van der Waals surface area contributed by atoms with Crippen LogP contribution in [0.3, 0.4) is 0 Å². The summed E-state index contributed by atoms with van der Waals surface area (Å²) in [6.07, 6.45) is 3.89. The van der Waals surface area contributed by atoms with Gasteiger partial charge in [0.05, 0.1) is 0 Å². The van der Waals surface area contributed by atoms with E-state index in [2.05, 4.69) is 37.0 Å². The fraction of sp³-hybridized carbons (Fsp3) is 0.227. The number of amides is 1. The molecule has 26 heavy (non-hydrogen) atoms. The number of alkyl halides is 1. The molecule has 0 spiro atoms. The highest BCUT2D eigenvalue weighted by atomic mass is 35.5. The lowest BCUT2D eigenvalue weighted by atomic mass is 9.82. The highest BCUT2D eigenvalue weighted by Crippen LogP contribution is 2.37. The van der Waals surface area contributed by atoms with Crippen LogP contribution >= 0.6 is 11.6 Å². The van der Waals surface area contributed by atoms with E-state index in [1.54, 1.807) is 4.90 Å². The number of rotatable bonds is 2. The Hall–Kier alpha value is -2.52. The van der Waals surface area contributed by atoms with E-state index >= 15 is 0 Å². The molecule has 1 N–H and O–H groups in total. The lowest BCUT2D eigenvalue weighted by molar-refractivity contribution is 0.0801. The Morgan fingerprint density at radius 3 is 2.81 bits per heavy atom. The van der Waals surface area contributed by atoms with E-state index in [0.717, 1.165) is 16.8 Å². The Balaban J connectivity index is 1.74. The number of hydrogen-bond acceptors (Lipinski definition) is 1. The summed E-state index contributed by atoms with van der Waals surface area (Å²) in [5.41, 5.74) is 4.89. The number of nitrogens with one attached hydrogen (secondary N) is 1. The van der Waals surface area contributed by atoms with Gasteiger partial charge >= 0.3 is 0 Å². The molecule has 4 rings (SSSR count). The van der Waals surface area contributed by atoms with Crippen LogP contribution in [0, 0.1) is 0 Å². The zero-order chi connectivity index (χ0) is 18.3. The first-order chi connectivity index (χ1) is 12.5. The van der Waals surface area contributed by atoms with Crippen molar-refractivity contribution in [1.82, 2.24) is 9.88 Å². The van der Waals surface area contributed by atoms with Gasteiger partial charge in [-0.25, -0.2) is 0 Å². The number of hydrogen-bond donors (Lipinski definition) is 1. The molecule has 0 radical (unpaired) electrons. The number of fused-ring (bicyclic) bond motifs is 3. The molecule has 2 aromatic carbocycles. The van der Waals surface area contributed by atoms with Crippen molar-refractivity contribution in [3.05, 3.63) is 77.1 Å². The lowest BCUT2D eigenvalue weighted by Gasteiger charge is -2.30. The summed E-state index contributed by atoms with van der Waals surface area (Å²) in [5.74, 6) is 0.398. The fourth-order valence-electron chi connectivity index (χ4n) is 3.83. The Morgan fingerprint density at radius 1 is 1.19 bits per heavy atom. The zero-order valence-electron chi connectivity index (χ0n) is 14.9. The average molecular weight is 365 g/mol. The molecular weight excluding hydrogens is 344 g/mol. The third-order valence-corrected chi connectivity index (χ3v) is 5.30. The number of aromatic nitrogens is 1. The second-order valence-corrected chi connectivity index (χ2v) is 7.69. The Morgan fingerprint density at radius 2 is 2.00 bits per heavy atom. The van der Waals surface area contributed by atoms with Gasteiger partial charge < -0.3 is 9.88 Å².